The van der Waals surface area contributed by atoms with Crippen molar-refractivity contribution < 1.29 is 19.0 Å². The first kappa shape index (κ1) is 30.0. The van der Waals surface area contributed by atoms with Gasteiger partial charge in [-0.2, -0.15) is 0 Å². The summed E-state index contributed by atoms with van der Waals surface area (Å²) in [7, 11) is 1.66. The number of aryl methyl sites for hydroxylation is 2. The predicted molar refractivity (Wildman–Crippen MR) is 165 cm³/mol. The number of allylic oxidation sites excluding steroid dienone is 1. The molecule has 0 aliphatic carbocycles. The molecule has 0 spiro atoms. The molecule has 1 heterocycles. The summed E-state index contributed by atoms with van der Waals surface area (Å²) in [5, 5.41) is 3.56. The van der Waals surface area contributed by atoms with Gasteiger partial charge in [0.05, 0.1) is 24.8 Å². The van der Waals surface area contributed by atoms with Gasteiger partial charge in [-0.3, -0.25) is 4.79 Å². The number of hydrogen-bond acceptors (Lipinski definition) is 5. The van der Waals surface area contributed by atoms with E-state index < -0.39 is 0 Å². The van der Waals surface area contributed by atoms with Crippen molar-refractivity contribution >= 4 is 34.6 Å². The third-order valence-electron chi connectivity index (χ3n) is 6.65. The van der Waals surface area contributed by atoms with Crippen molar-refractivity contribution in [3.05, 3.63) is 89.2 Å². The van der Waals surface area contributed by atoms with Crippen LogP contribution in [0.5, 0.6) is 17.2 Å². The molecule has 8 heteroatoms. The van der Waals surface area contributed by atoms with Gasteiger partial charge < -0.3 is 24.1 Å². The van der Waals surface area contributed by atoms with Crippen LogP contribution in [0.3, 0.4) is 0 Å². The van der Waals surface area contributed by atoms with E-state index in [2.05, 4.69) is 28.1 Å². The number of ether oxygens (including phenoxy) is 3. The van der Waals surface area contributed by atoms with Gasteiger partial charge >= 0.3 is 0 Å². The van der Waals surface area contributed by atoms with Crippen LogP contribution >= 0.6 is 11.6 Å². The maximum absolute atomic E-state index is 12.1. The van der Waals surface area contributed by atoms with Crippen molar-refractivity contribution in [3.8, 4) is 17.2 Å². The summed E-state index contributed by atoms with van der Waals surface area (Å²) in [6, 6.07) is 21.2. The van der Waals surface area contributed by atoms with E-state index >= 15 is 0 Å². The van der Waals surface area contributed by atoms with Crippen LogP contribution in [-0.4, -0.2) is 42.3 Å². The van der Waals surface area contributed by atoms with Crippen LogP contribution in [0.25, 0.3) is 17.1 Å². The number of methoxy groups -OCH3 is 1. The van der Waals surface area contributed by atoms with Crippen LogP contribution in [0.4, 0.5) is 0 Å². The van der Waals surface area contributed by atoms with E-state index in [0.717, 1.165) is 72.6 Å². The molecule has 0 atom stereocenters. The molecule has 41 heavy (non-hydrogen) atoms. The largest absolute Gasteiger partial charge is 0.493 e. The molecule has 7 nitrogen and oxygen atoms in total. The third-order valence-corrected chi connectivity index (χ3v) is 6.90. The number of halogens is 1. The lowest BCUT2D eigenvalue weighted by atomic mass is 10.2. The quantitative estimate of drug-likeness (QED) is 0.144. The van der Waals surface area contributed by atoms with Crippen LogP contribution in [0, 0.1) is 0 Å². The molecule has 0 saturated carbocycles. The Kier molecular flexibility index (Phi) is 11.5. The zero-order chi connectivity index (χ0) is 28.9. The first-order chi connectivity index (χ1) is 20.1. The first-order valence-corrected chi connectivity index (χ1v) is 14.5. The number of amides is 1. The summed E-state index contributed by atoms with van der Waals surface area (Å²) >= 11 is 5.87. The molecule has 4 aromatic rings. The number of nitrogens with zero attached hydrogens (tertiary/aromatic N) is 2. The predicted octanol–water partition coefficient (Wildman–Crippen LogP) is 7.11. The Labute approximate surface area is 247 Å². The fraction of sp³-hybridized carbons (Fsp3) is 0.333. The Balaban J connectivity index is 1.21. The number of unbranched alkanes of at least 4 members (excludes halogenated alkanes) is 2. The highest BCUT2D eigenvalue weighted by Gasteiger charge is 2.11. The summed E-state index contributed by atoms with van der Waals surface area (Å²) in [4.78, 5) is 17.0. The van der Waals surface area contributed by atoms with E-state index in [1.807, 2.05) is 43.3 Å². The Morgan fingerprint density at radius 2 is 1.80 bits per heavy atom. The van der Waals surface area contributed by atoms with Gasteiger partial charge in [-0.1, -0.05) is 48.4 Å². The second-order valence-corrected chi connectivity index (χ2v) is 10.1. The molecule has 0 saturated heterocycles. The Morgan fingerprint density at radius 1 is 0.976 bits per heavy atom. The van der Waals surface area contributed by atoms with Gasteiger partial charge in [0, 0.05) is 24.5 Å². The SMILES string of the molecule is C/C=C/c1ccc(OCCCn2c(CCCCCNC(=O)COc3ccc(Cl)cc3)nc3ccccc32)c(OC)c1. The minimum absolute atomic E-state index is 0.0103. The van der Waals surface area contributed by atoms with Crippen molar-refractivity contribution in [3.63, 3.8) is 0 Å². The van der Waals surface area contributed by atoms with Crippen LogP contribution in [-0.2, 0) is 17.8 Å². The maximum Gasteiger partial charge on any atom is 0.257 e. The lowest BCUT2D eigenvalue weighted by Crippen LogP contribution is -2.29. The number of para-hydroxylation sites is 2. The Morgan fingerprint density at radius 3 is 2.61 bits per heavy atom. The van der Waals surface area contributed by atoms with Gasteiger partial charge in [0.1, 0.15) is 11.6 Å². The number of fused-ring (bicyclic) bond motifs is 1. The van der Waals surface area contributed by atoms with E-state index in [9.17, 15) is 4.79 Å². The minimum atomic E-state index is -0.129. The van der Waals surface area contributed by atoms with E-state index in [0.29, 0.717) is 23.9 Å². The van der Waals surface area contributed by atoms with E-state index in [-0.39, 0.29) is 12.5 Å². The number of hydrogen-bond donors (Lipinski definition) is 1. The van der Waals surface area contributed by atoms with Crippen molar-refractivity contribution in [2.75, 3.05) is 26.9 Å². The molecular formula is C33H38ClN3O4. The summed E-state index contributed by atoms with van der Waals surface area (Å²) in [5.74, 6) is 3.06. The van der Waals surface area contributed by atoms with Crippen molar-refractivity contribution in [1.82, 2.24) is 14.9 Å². The van der Waals surface area contributed by atoms with Gasteiger partial charge in [0.15, 0.2) is 18.1 Å². The summed E-state index contributed by atoms with van der Waals surface area (Å²) in [6.07, 6.45) is 8.64. The van der Waals surface area contributed by atoms with E-state index in [4.69, 9.17) is 30.8 Å². The van der Waals surface area contributed by atoms with Gasteiger partial charge in [-0.25, -0.2) is 4.98 Å². The Bertz CT molecular complexity index is 1430. The number of imidazole rings is 1. The summed E-state index contributed by atoms with van der Waals surface area (Å²) < 4.78 is 19.4. The normalized spacial score (nSPS) is 11.2. The average molecular weight is 576 g/mol. The molecule has 4 rings (SSSR count). The molecule has 0 aliphatic heterocycles. The fourth-order valence-electron chi connectivity index (χ4n) is 4.61. The molecule has 0 unspecified atom stereocenters. The highest BCUT2D eigenvalue weighted by molar-refractivity contribution is 6.30. The topological polar surface area (TPSA) is 74.6 Å². The van der Waals surface area contributed by atoms with Crippen LogP contribution in [0.1, 0.15) is 44.0 Å². The number of aromatic nitrogens is 2. The highest BCUT2D eigenvalue weighted by atomic mass is 35.5. The van der Waals surface area contributed by atoms with Crippen LogP contribution < -0.4 is 19.5 Å². The molecule has 0 fully saturated rings. The molecule has 0 radical (unpaired) electrons. The number of nitrogens with one attached hydrogen (secondary N) is 1. The van der Waals surface area contributed by atoms with Crippen molar-refractivity contribution in [1.29, 1.82) is 0 Å². The number of rotatable bonds is 16. The highest BCUT2D eigenvalue weighted by Crippen LogP contribution is 2.29. The zero-order valence-electron chi connectivity index (χ0n) is 23.8. The van der Waals surface area contributed by atoms with Crippen LogP contribution in [0.15, 0.2) is 72.8 Å². The summed E-state index contributed by atoms with van der Waals surface area (Å²) in [5.41, 5.74) is 3.23. The van der Waals surface area contributed by atoms with E-state index in [1.54, 1.807) is 31.4 Å². The number of benzene rings is 3. The smallest absolute Gasteiger partial charge is 0.257 e. The fourth-order valence-corrected chi connectivity index (χ4v) is 4.74. The van der Waals surface area contributed by atoms with Crippen molar-refractivity contribution in [2.24, 2.45) is 0 Å². The molecule has 1 N–H and O–H groups in total. The zero-order valence-corrected chi connectivity index (χ0v) is 24.5. The molecular weight excluding hydrogens is 538 g/mol. The number of carbonyl (C=O) groups excluding carboxylic acids is 1. The third kappa shape index (κ3) is 9.02. The molecule has 1 aromatic heterocycles. The van der Waals surface area contributed by atoms with Crippen molar-refractivity contribution in [2.45, 2.75) is 45.6 Å². The molecule has 1 amide bonds. The van der Waals surface area contributed by atoms with Gasteiger partial charge in [0.2, 0.25) is 0 Å². The van der Waals surface area contributed by atoms with E-state index in [1.165, 1.54) is 0 Å². The average Bonchev–Trinajstić information content (AvgIpc) is 3.34. The van der Waals surface area contributed by atoms with Gasteiger partial charge in [-0.05, 0) is 80.3 Å². The lowest BCUT2D eigenvalue weighted by molar-refractivity contribution is -0.123. The molecule has 216 valence electrons. The van der Waals surface area contributed by atoms with Crippen LogP contribution in [0.2, 0.25) is 5.02 Å². The maximum atomic E-state index is 12.1. The van der Waals surface area contributed by atoms with Gasteiger partial charge in [-0.15, -0.1) is 0 Å². The first-order valence-electron chi connectivity index (χ1n) is 14.1. The summed E-state index contributed by atoms with van der Waals surface area (Å²) in [6.45, 7) is 4.00. The second-order valence-electron chi connectivity index (χ2n) is 9.68. The second kappa shape index (κ2) is 15.7. The molecule has 0 aliphatic rings. The minimum Gasteiger partial charge on any atom is -0.493 e. The molecule has 3 aromatic carbocycles. The monoisotopic (exact) mass is 575 g/mol. The standard InChI is InChI=1S/C33H38ClN3O4/c1-3-10-25-14-19-30(31(23-25)39-2)40-22-9-21-37-29-12-7-6-11-28(29)36-32(37)13-5-4-8-20-35-33(38)24-41-27-17-15-26(34)16-18-27/h3,6-7,10-12,14-19,23H,4-5,8-9,13,20-22,24H2,1-2H3,(H,35,38)/b10-3+. The molecule has 0 bridgehead atoms. The van der Waals surface area contributed by atoms with Gasteiger partial charge in [0.25, 0.3) is 5.91 Å². The lowest BCUT2D eigenvalue weighted by Gasteiger charge is -2.13. The number of carbonyl (C=O) groups is 1. The Hall–Kier alpha value is -3.97.